The summed E-state index contributed by atoms with van der Waals surface area (Å²) >= 11 is 0. The first-order valence-corrected chi connectivity index (χ1v) is 6.89. The van der Waals surface area contributed by atoms with Crippen molar-refractivity contribution in [2.45, 2.75) is 6.42 Å². The van der Waals surface area contributed by atoms with Gasteiger partial charge in [-0.15, -0.1) is 6.58 Å². The number of hydrogen-bond acceptors (Lipinski definition) is 1. The number of benzene rings is 2. The first-order chi connectivity index (χ1) is 9.38. The monoisotopic (exact) mass is 251 g/mol. The highest BCUT2D eigenvalue weighted by molar-refractivity contribution is 5.94. The van der Waals surface area contributed by atoms with Crippen molar-refractivity contribution in [1.82, 2.24) is 5.32 Å². The van der Waals surface area contributed by atoms with Crippen LogP contribution in [0.1, 0.15) is 5.56 Å². The Labute approximate surface area is 114 Å². The van der Waals surface area contributed by atoms with Gasteiger partial charge in [0.2, 0.25) is 0 Å². The van der Waals surface area contributed by atoms with Crippen LogP contribution in [0.15, 0.2) is 49.1 Å². The summed E-state index contributed by atoms with van der Waals surface area (Å²) in [7, 11) is 0. The fraction of sp³-hybridized carbons (Fsp3) is 0.294. The minimum absolute atomic E-state index is 0.930. The van der Waals surface area contributed by atoms with E-state index >= 15 is 0 Å². The number of piperazine rings is 1. The highest BCUT2D eigenvalue weighted by Gasteiger charge is 2.13. The molecule has 19 heavy (non-hydrogen) atoms. The molecular weight excluding hydrogens is 232 g/mol. The molecular formula is C17H19N2. The molecule has 1 saturated heterocycles. The van der Waals surface area contributed by atoms with Crippen LogP contribution in [0, 0.1) is 0 Å². The van der Waals surface area contributed by atoms with Crippen molar-refractivity contribution in [2.24, 2.45) is 0 Å². The molecule has 0 N–H and O–H groups in total. The largest absolute Gasteiger partial charge is 0.368 e. The molecule has 0 unspecified atom stereocenters. The van der Waals surface area contributed by atoms with Crippen molar-refractivity contribution in [3.63, 3.8) is 0 Å². The average molecular weight is 251 g/mol. The summed E-state index contributed by atoms with van der Waals surface area (Å²) in [6, 6.07) is 13.3. The number of nitrogens with zero attached hydrogens (tertiary/aromatic N) is 2. The predicted molar refractivity (Wildman–Crippen MR) is 81.9 cm³/mol. The molecule has 0 aromatic heterocycles. The molecule has 1 aliphatic heterocycles. The van der Waals surface area contributed by atoms with E-state index in [4.69, 9.17) is 0 Å². The summed E-state index contributed by atoms with van der Waals surface area (Å²) in [6.07, 6.45) is 2.89. The second kappa shape index (κ2) is 5.45. The average Bonchev–Trinajstić information content (AvgIpc) is 2.48. The van der Waals surface area contributed by atoms with Gasteiger partial charge < -0.3 is 4.90 Å². The number of allylic oxidation sites excluding steroid dienone is 1. The quantitative estimate of drug-likeness (QED) is 0.767. The predicted octanol–water partition coefficient (Wildman–Crippen LogP) is 2.99. The third-order valence-corrected chi connectivity index (χ3v) is 3.70. The summed E-state index contributed by atoms with van der Waals surface area (Å²) in [5, 5.41) is 7.09. The van der Waals surface area contributed by atoms with E-state index in [2.05, 4.69) is 53.2 Å². The van der Waals surface area contributed by atoms with E-state index in [-0.39, 0.29) is 0 Å². The molecule has 2 aromatic rings. The normalized spacial score (nSPS) is 15.7. The van der Waals surface area contributed by atoms with E-state index in [0.29, 0.717) is 0 Å². The zero-order chi connectivity index (χ0) is 13.1. The van der Waals surface area contributed by atoms with Gasteiger partial charge in [0.25, 0.3) is 0 Å². The van der Waals surface area contributed by atoms with Crippen LogP contribution in [0.3, 0.4) is 0 Å². The third kappa shape index (κ3) is 2.49. The standard InChI is InChI=1S/C17H19N2/c1-2-4-14-7-8-15-5-3-6-17(16(15)13-14)19-11-9-18-10-12-19/h2-3,5-8,13H,1,4,9-12H2. The molecule has 1 aliphatic rings. The number of hydrogen-bond donors (Lipinski definition) is 0. The summed E-state index contributed by atoms with van der Waals surface area (Å²) in [6.45, 7) is 7.78. The summed E-state index contributed by atoms with van der Waals surface area (Å²) in [4.78, 5) is 2.45. The maximum absolute atomic E-state index is 4.42. The summed E-state index contributed by atoms with van der Waals surface area (Å²) < 4.78 is 0. The van der Waals surface area contributed by atoms with Gasteiger partial charge in [-0.2, -0.15) is 0 Å². The molecule has 2 aromatic carbocycles. The maximum Gasteiger partial charge on any atom is 0.0446 e. The third-order valence-electron chi connectivity index (χ3n) is 3.70. The zero-order valence-corrected chi connectivity index (χ0v) is 11.2. The van der Waals surface area contributed by atoms with Crippen LogP contribution in [-0.2, 0) is 6.42 Å². The minimum Gasteiger partial charge on any atom is -0.368 e. The van der Waals surface area contributed by atoms with Gasteiger partial charge in [0, 0.05) is 37.3 Å². The molecule has 1 heterocycles. The van der Waals surface area contributed by atoms with E-state index in [0.717, 1.165) is 32.6 Å². The van der Waals surface area contributed by atoms with Crippen LogP contribution >= 0.6 is 0 Å². The van der Waals surface area contributed by atoms with Gasteiger partial charge in [0.15, 0.2) is 0 Å². The van der Waals surface area contributed by atoms with Crippen molar-refractivity contribution >= 4 is 16.5 Å². The first kappa shape index (κ1) is 12.2. The number of anilines is 1. The Morgan fingerprint density at radius 1 is 1.16 bits per heavy atom. The Kier molecular flexibility index (Phi) is 3.51. The van der Waals surface area contributed by atoms with Gasteiger partial charge in [-0.05, 0) is 29.5 Å². The highest BCUT2D eigenvalue weighted by Crippen LogP contribution is 2.28. The first-order valence-electron chi connectivity index (χ1n) is 6.89. The Hall–Kier alpha value is -1.80. The molecule has 3 rings (SSSR count). The van der Waals surface area contributed by atoms with Crippen molar-refractivity contribution < 1.29 is 0 Å². The second-order valence-corrected chi connectivity index (χ2v) is 4.98. The SMILES string of the molecule is C=CCc1ccc2cccc(N3CC[N]CC3)c2c1. The molecule has 0 bridgehead atoms. The van der Waals surface area contributed by atoms with Crippen molar-refractivity contribution in [3.8, 4) is 0 Å². The van der Waals surface area contributed by atoms with E-state index in [9.17, 15) is 0 Å². The number of fused-ring (bicyclic) bond motifs is 1. The Bertz CT molecular complexity index is 583. The lowest BCUT2D eigenvalue weighted by Gasteiger charge is -2.29. The molecule has 0 amide bonds. The molecule has 1 radical (unpaired) electrons. The topological polar surface area (TPSA) is 17.3 Å². The molecule has 2 heteroatoms. The molecule has 97 valence electrons. The summed E-state index contributed by atoms with van der Waals surface area (Å²) in [5.74, 6) is 0. The van der Waals surface area contributed by atoms with Crippen molar-refractivity contribution in [1.29, 1.82) is 0 Å². The zero-order valence-electron chi connectivity index (χ0n) is 11.2. The van der Waals surface area contributed by atoms with Gasteiger partial charge >= 0.3 is 0 Å². The molecule has 0 atom stereocenters. The van der Waals surface area contributed by atoms with Crippen LogP contribution in [0.25, 0.3) is 10.8 Å². The second-order valence-electron chi connectivity index (χ2n) is 4.98. The lowest BCUT2D eigenvalue weighted by atomic mass is 10.0. The molecule has 2 nitrogen and oxygen atoms in total. The Morgan fingerprint density at radius 2 is 2.00 bits per heavy atom. The van der Waals surface area contributed by atoms with Crippen LogP contribution < -0.4 is 10.2 Å². The smallest absolute Gasteiger partial charge is 0.0446 e. The van der Waals surface area contributed by atoms with Crippen LogP contribution in [0.5, 0.6) is 0 Å². The minimum atomic E-state index is 0.930. The van der Waals surface area contributed by atoms with Gasteiger partial charge in [-0.25, -0.2) is 5.32 Å². The van der Waals surface area contributed by atoms with Gasteiger partial charge in [0.05, 0.1) is 0 Å². The number of rotatable bonds is 3. The summed E-state index contributed by atoms with van der Waals surface area (Å²) in [5.41, 5.74) is 2.68. The van der Waals surface area contributed by atoms with E-state index in [1.807, 2.05) is 6.08 Å². The fourth-order valence-corrected chi connectivity index (χ4v) is 2.72. The van der Waals surface area contributed by atoms with E-state index in [1.54, 1.807) is 0 Å². The fourth-order valence-electron chi connectivity index (χ4n) is 2.72. The van der Waals surface area contributed by atoms with E-state index < -0.39 is 0 Å². The molecule has 1 fully saturated rings. The van der Waals surface area contributed by atoms with Gasteiger partial charge in [-0.3, -0.25) is 0 Å². The Morgan fingerprint density at radius 3 is 2.79 bits per heavy atom. The van der Waals surface area contributed by atoms with Crippen LogP contribution in [0.4, 0.5) is 5.69 Å². The van der Waals surface area contributed by atoms with Gasteiger partial charge in [0.1, 0.15) is 0 Å². The van der Waals surface area contributed by atoms with Gasteiger partial charge in [-0.1, -0.05) is 30.3 Å². The molecule has 0 saturated carbocycles. The molecule has 0 aliphatic carbocycles. The van der Waals surface area contributed by atoms with Crippen molar-refractivity contribution in [3.05, 3.63) is 54.6 Å². The lowest BCUT2D eigenvalue weighted by molar-refractivity contribution is 0.580. The molecule has 0 spiro atoms. The lowest BCUT2D eigenvalue weighted by Crippen LogP contribution is -2.40. The Balaban J connectivity index is 2.06. The van der Waals surface area contributed by atoms with Crippen LogP contribution in [0.2, 0.25) is 0 Å². The van der Waals surface area contributed by atoms with Crippen molar-refractivity contribution in [2.75, 3.05) is 31.1 Å². The van der Waals surface area contributed by atoms with E-state index in [1.165, 1.54) is 22.0 Å². The maximum atomic E-state index is 4.42. The highest BCUT2D eigenvalue weighted by atomic mass is 15.2. The van der Waals surface area contributed by atoms with Crippen LogP contribution in [-0.4, -0.2) is 26.2 Å².